The van der Waals surface area contributed by atoms with Gasteiger partial charge in [0.2, 0.25) is 0 Å². The van der Waals surface area contributed by atoms with Crippen LogP contribution in [0.2, 0.25) is 0 Å². The van der Waals surface area contributed by atoms with E-state index in [1.54, 1.807) is 24.3 Å². The summed E-state index contributed by atoms with van der Waals surface area (Å²) in [7, 11) is -2.27. The molecule has 2 N–H and O–H groups in total. The average Bonchev–Trinajstić information content (AvgIpc) is 2.47. The molecule has 2 aromatic rings. The van der Waals surface area contributed by atoms with Crippen LogP contribution in [0.1, 0.15) is 26.3 Å². The number of rotatable bonds is 5. The lowest BCUT2D eigenvalue weighted by atomic mass is 10.1. The molecule has 0 saturated heterocycles. The molecule has 5 nitrogen and oxygen atoms in total. The molecule has 130 valence electrons. The maximum atomic E-state index is 12.6. The predicted molar refractivity (Wildman–Crippen MR) is 98.4 cm³/mol. The van der Waals surface area contributed by atoms with Crippen LogP contribution in [0, 0.1) is 6.92 Å². The molecular formula is C18H24N2O3S. The Morgan fingerprint density at radius 2 is 1.54 bits per heavy atom. The van der Waals surface area contributed by atoms with Crippen molar-refractivity contribution in [2.24, 2.45) is 0 Å². The zero-order valence-corrected chi connectivity index (χ0v) is 15.5. The second kappa shape index (κ2) is 6.73. The van der Waals surface area contributed by atoms with Crippen LogP contribution in [0.25, 0.3) is 0 Å². The third kappa shape index (κ3) is 4.64. The summed E-state index contributed by atoms with van der Waals surface area (Å²) >= 11 is 0. The normalized spacial score (nSPS) is 11.9. The zero-order valence-electron chi connectivity index (χ0n) is 14.7. The molecule has 0 amide bonds. The Balaban J connectivity index is 2.25. The summed E-state index contributed by atoms with van der Waals surface area (Å²) in [6.07, 6.45) is 0. The lowest BCUT2D eigenvalue weighted by molar-refractivity contribution is 0.402. The van der Waals surface area contributed by atoms with E-state index in [0.717, 1.165) is 11.3 Å². The van der Waals surface area contributed by atoms with Gasteiger partial charge in [-0.2, -0.15) is 0 Å². The molecule has 0 aliphatic carbocycles. The van der Waals surface area contributed by atoms with Crippen molar-refractivity contribution in [1.82, 2.24) is 0 Å². The minimum Gasteiger partial charge on any atom is -0.495 e. The van der Waals surface area contributed by atoms with Gasteiger partial charge < -0.3 is 10.1 Å². The van der Waals surface area contributed by atoms with E-state index in [9.17, 15) is 8.42 Å². The SMILES string of the molecule is COc1ccc(C)cc1S(=O)(=O)Nc1ccc(NC(C)(C)C)cc1. The molecule has 0 heterocycles. The van der Waals surface area contributed by atoms with Gasteiger partial charge >= 0.3 is 0 Å². The van der Waals surface area contributed by atoms with Crippen LogP contribution in [0.3, 0.4) is 0 Å². The van der Waals surface area contributed by atoms with Crippen molar-refractivity contribution in [3.8, 4) is 5.75 Å². The van der Waals surface area contributed by atoms with Crippen molar-refractivity contribution >= 4 is 21.4 Å². The van der Waals surface area contributed by atoms with Gasteiger partial charge in [0.15, 0.2) is 0 Å². The Labute approximate surface area is 144 Å². The monoisotopic (exact) mass is 348 g/mol. The van der Waals surface area contributed by atoms with Gasteiger partial charge in [-0.15, -0.1) is 0 Å². The highest BCUT2D eigenvalue weighted by Gasteiger charge is 2.20. The number of anilines is 2. The van der Waals surface area contributed by atoms with Crippen LogP contribution in [0.4, 0.5) is 11.4 Å². The average molecular weight is 348 g/mol. The first-order valence-corrected chi connectivity index (χ1v) is 9.15. The molecule has 6 heteroatoms. The number of aryl methyl sites for hydroxylation is 1. The zero-order chi connectivity index (χ0) is 18.0. The third-order valence-corrected chi connectivity index (χ3v) is 4.67. The minimum atomic E-state index is -3.72. The van der Waals surface area contributed by atoms with E-state index in [-0.39, 0.29) is 10.4 Å². The van der Waals surface area contributed by atoms with E-state index in [1.165, 1.54) is 7.11 Å². The van der Waals surface area contributed by atoms with Crippen LogP contribution in [-0.2, 0) is 10.0 Å². The molecule has 0 atom stereocenters. The summed E-state index contributed by atoms with van der Waals surface area (Å²) in [5, 5.41) is 3.33. The van der Waals surface area contributed by atoms with E-state index in [0.29, 0.717) is 11.4 Å². The van der Waals surface area contributed by atoms with Gasteiger partial charge in [0, 0.05) is 16.9 Å². The highest BCUT2D eigenvalue weighted by atomic mass is 32.2. The first-order valence-electron chi connectivity index (χ1n) is 7.66. The fourth-order valence-electron chi connectivity index (χ4n) is 2.26. The summed E-state index contributed by atoms with van der Waals surface area (Å²) < 4.78 is 33.0. The number of sulfonamides is 1. The van der Waals surface area contributed by atoms with Crippen molar-refractivity contribution in [1.29, 1.82) is 0 Å². The lowest BCUT2D eigenvalue weighted by Gasteiger charge is -2.22. The van der Waals surface area contributed by atoms with Gasteiger partial charge in [-0.1, -0.05) is 6.07 Å². The van der Waals surface area contributed by atoms with E-state index < -0.39 is 10.0 Å². The molecule has 0 saturated carbocycles. The summed E-state index contributed by atoms with van der Waals surface area (Å²) in [6, 6.07) is 12.2. The third-order valence-electron chi connectivity index (χ3n) is 3.27. The standard InChI is InChI=1S/C18H24N2O3S/c1-13-6-11-16(23-5)17(12-13)24(21,22)20-15-9-7-14(8-10-15)19-18(2,3)4/h6-12,19-20H,1-5H3. The summed E-state index contributed by atoms with van der Waals surface area (Å²) in [4.78, 5) is 0.127. The van der Waals surface area contributed by atoms with E-state index >= 15 is 0 Å². The largest absolute Gasteiger partial charge is 0.495 e. The lowest BCUT2D eigenvalue weighted by Crippen LogP contribution is -2.25. The highest BCUT2D eigenvalue weighted by Crippen LogP contribution is 2.27. The number of benzene rings is 2. The summed E-state index contributed by atoms with van der Waals surface area (Å²) in [5.74, 6) is 0.319. The minimum absolute atomic E-state index is 0.0596. The molecule has 2 aromatic carbocycles. The Hall–Kier alpha value is -2.21. The predicted octanol–water partition coefficient (Wildman–Crippen LogP) is 4.01. The Bertz CT molecular complexity index is 807. The molecular weight excluding hydrogens is 324 g/mol. The fourth-order valence-corrected chi connectivity index (χ4v) is 3.57. The molecule has 0 aromatic heterocycles. The van der Waals surface area contributed by atoms with E-state index in [2.05, 4.69) is 30.8 Å². The number of hydrogen-bond donors (Lipinski definition) is 2. The van der Waals surface area contributed by atoms with E-state index in [1.807, 2.05) is 25.1 Å². The van der Waals surface area contributed by atoms with Crippen molar-refractivity contribution in [3.63, 3.8) is 0 Å². The first-order chi connectivity index (χ1) is 11.1. The smallest absolute Gasteiger partial charge is 0.265 e. The number of hydrogen-bond acceptors (Lipinski definition) is 4. The van der Waals surface area contributed by atoms with Crippen LogP contribution in [0.5, 0.6) is 5.75 Å². The van der Waals surface area contributed by atoms with Crippen LogP contribution in [-0.4, -0.2) is 21.1 Å². The van der Waals surface area contributed by atoms with Crippen LogP contribution < -0.4 is 14.8 Å². The Kier molecular flexibility index (Phi) is 5.08. The van der Waals surface area contributed by atoms with Gasteiger partial charge in [-0.05, 0) is 69.7 Å². The molecule has 0 spiro atoms. The second-order valence-corrected chi connectivity index (χ2v) is 8.36. The maximum absolute atomic E-state index is 12.6. The molecule has 0 unspecified atom stereocenters. The van der Waals surface area contributed by atoms with E-state index in [4.69, 9.17) is 4.74 Å². The van der Waals surface area contributed by atoms with Gasteiger partial charge in [0.05, 0.1) is 7.11 Å². The number of methoxy groups -OCH3 is 1. The molecule has 2 rings (SSSR count). The van der Waals surface area contributed by atoms with Gasteiger partial charge in [-0.25, -0.2) is 8.42 Å². The second-order valence-electron chi connectivity index (χ2n) is 6.71. The first kappa shape index (κ1) is 18.1. The Morgan fingerprint density at radius 1 is 0.958 bits per heavy atom. The number of nitrogens with one attached hydrogen (secondary N) is 2. The molecule has 0 bridgehead atoms. The van der Waals surface area contributed by atoms with Crippen molar-refractivity contribution < 1.29 is 13.2 Å². The Morgan fingerprint density at radius 3 is 2.08 bits per heavy atom. The van der Waals surface area contributed by atoms with Crippen molar-refractivity contribution in [2.45, 2.75) is 38.1 Å². The van der Waals surface area contributed by atoms with Crippen molar-refractivity contribution in [2.75, 3.05) is 17.1 Å². The van der Waals surface area contributed by atoms with Crippen LogP contribution in [0.15, 0.2) is 47.4 Å². The summed E-state index contributed by atoms with van der Waals surface area (Å²) in [6.45, 7) is 8.03. The topological polar surface area (TPSA) is 67.4 Å². The molecule has 24 heavy (non-hydrogen) atoms. The fraction of sp³-hybridized carbons (Fsp3) is 0.333. The van der Waals surface area contributed by atoms with Crippen LogP contribution >= 0.6 is 0 Å². The van der Waals surface area contributed by atoms with Crippen molar-refractivity contribution in [3.05, 3.63) is 48.0 Å². The van der Waals surface area contributed by atoms with Gasteiger partial charge in [0.25, 0.3) is 10.0 Å². The molecule has 0 fully saturated rings. The quantitative estimate of drug-likeness (QED) is 0.856. The number of ether oxygens (including phenoxy) is 1. The van der Waals surface area contributed by atoms with Gasteiger partial charge in [0.1, 0.15) is 10.6 Å². The maximum Gasteiger partial charge on any atom is 0.265 e. The molecule has 0 radical (unpaired) electrons. The molecule has 0 aliphatic heterocycles. The molecule has 0 aliphatic rings. The summed E-state index contributed by atoms with van der Waals surface area (Å²) in [5.41, 5.74) is 2.22. The highest BCUT2D eigenvalue weighted by molar-refractivity contribution is 7.92. The van der Waals surface area contributed by atoms with Gasteiger partial charge in [-0.3, -0.25) is 4.72 Å².